The van der Waals surface area contributed by atoms with Gasteiger partial charge < -0.3 is 9.90 Å². The molecule has 2 atom stereocenters. The van der Waals surface area contributed by atoms with E-state index in [1.165, 1.54) is 0 Å². The number of hydrogen-bond donors (Lipinski definition) is 0. The molecule has 0 N–H and O–H groups in total. The minimum atomic E-state index is -1.06. The lowest BCUT2D eigenvalue weighted by Crippen LogP contribution is -2.33. The number of nitrogens with zero attached hydrogens (tertiary/aromatic N) is 1. The first-order valence-electron chi connectivity index (χ1n) is 2.94. The highest BCUT2D eigenvalue weighted by Crippen LogP contribution is 2.12. The minimum Gasteiger partial charge on any atom is -0.548 e. The second kappa shape index (κ2) is 2.17. The molecule has 50 valence electrons. The zero-order chi connectivity index (χ0) is 6.85. The standard InChI is InChI=1S/C6H9NO2/c1-4-2-5(6(8)9)7-3-4/h3-5H,2H2,1H3,(H,8,9)/p-1/t4-,5+/m1/s1. The SMILES string of the molecule is C[C@H]1C=N[C@H](C(=O)[O-])C1. The molecule has 0 aromatic heterocycles. The smallest absolute Gasteiger partial charge is 0.0895 e. The molecule has 1 aliphatic rings. The van der Waals surface area contributed by atoms with Gasteiger partial charge in [-0.3, -0.25) is 4.99 Å². The Kier molecular flexibility index (Phi) is 1.51. The van der Waals surface area contributed by atoms with Gasteiger partial charge in [-0.2, -0.15) is 0 Å². The third-order valence-corrected chi connectivity index (χ3v) is 1.39. The summed E-state index contributed by atoms with van der Waals surface area (Å²) >= 11 is 0. The molecule has 0 unspecified atom stereocenters. The summed E-state index contributed by atoms with van der Waals surface area (Å²) in [6.07, 6.45) is 2.27. The highest BCUT2D eigenvalue weighted by molar-refractivity contribution is 5.78. The predicted molar refractivity (Wildman–Crippen MR) is 31.1 cm³/mol. The average molecular weight is 126 g/mol. The van der Waals surface area contributed by atoms with Crippen LogP contribution in [0, 0.1) is 5.92 Å². The first kappa shape index (κ1) is 6.26. The quantitative estimate of drug-likeness (QED) is 0.462. The Morgan fingerprint density at radius 2 is 2.56 bits per heavy atom. The summed E-state index contributed by atoms with van der Waals surface area (Å²) < 4.78 is 0. The van der Waals surface area contributed by atoms with Crippen molar-refractivity contribution in [1.82, 2.24) is 0 Å². The molecule has 0 saturated carbocycles. The Bertz CT molecular complexity index is 153. The van der Waals surface area contributed by atoms with E-state index in [1.54, 1.807) is 6.21 Å². The van der Waals surface area contributed by atoms with Crippen LogP contribution in [0.3, 0.4) is 0 Å². The molecule has 1 rings (SSSR count). The lowest BCUT2D eigenvalue weighted by molar-refractivity contribution is -0.307. The highest BCUT2D eigenvalue weighted by atomic mass is 16.4. The maximum atomic E-state index is 10.1. The molecule has 3 heteroatoms. The van der Waals surface area contributed by atoms with Crippen LogP contribution in [0.5, 0.6) is 0 Å². The molecule has 0 amide bonds. The maximum absolute atomic E-state index is 10.1. The molecule has 3 nitrogen and oxygen atoms in total. The lowest BCUT2D eigenvalue weighted by Gasteiger charge is -2.06. The highest BCUT2D eigenvalue weighted by Gasteiger charge is 2.16. The van der Waals surface area contributed by atoms with Gasteiger partial charge in [-0.15, -0.1) is 0 Å². The lowest BCUT2D eigenvalue weighted by atomic mass is 10.1. The van der Waals surface area contributed by atoms with Crippen molar-refractivity contribution in [1.29, 1.82) is 0 Å². The molecule has 0 bridgehead atoms. The number of carboxylic acid groups (broad SMARTS) is 1. The van der Waals surface area contributed by atoms with Gasteiger partial charge in [-0.05, 0) is 12.3 Å². The summed E-state index contributed by atoms with van der Waals surface area (Å²) in [5, 5.41) is 10.1. The fraction of sp³-hybridized carbons (Fsp3) is 0.667. The van der Waals surface area contributed by atoms with Crippen molar-refractivity contribution >= 4 is 12.2 Å². The first-order valence-corrected chi connectivity index (χ1v) is 2.94. The molecule has 1 aliphatic heterocycles. The molecular weight excluding hydrogens is 118 g/mol. The number of aliphatic carboxylic acids is 1. The van der Waals surface area contributed by atoms with Crippen LogP contribution in [-0.2, 0) is 4.79 Å². The van der Waals surface area contributed by atoms with Crippen LogP contribution >= 0.6 is 0 Å². The van der Waals surface area contributed by atoms with E-state index in [-0.39, 0.29) is 0 Å². The average Bonchev–Trinajstić information content (AvgIpc) is 2.14. The summed E-state index contributed by atoms with van der Waals surface area (Å²) in [4.78, 5) is 13.9. The van der Waals surface area contributed by atoms with Crippen molar-refractivity contribution < 1.29 is 9.90 Å². The van der Waals surface area contributed by atoms with E-state index in [4.69, 9.17) is 0 Å². The number of carbonyl (C=O) groups is 1. The second-order valence-corrected chi connectivity index (χ2v) is 2.35. The predicted octanol–water partition coefficient (Wildman–Crippen LogP) is -0.784. The molecule has 1 heterocycles. The number of carbonyl (C=O) groups excluding carboxylic acids is 1. The van der Waals surface area contributed by atoms with Crippen LogP contribution in [0.15, 0.2) is 4.99 Å². The van der Waals surface area contributed by atoms with E-state index in [9.17, 15) is 9.90 Å². The van der Waals surface area contributed by atoms with E-state index in [2.05, 4.69) is 4.99 Å². The zero-order valence-corrected chi connectivity index (χ0v) is 5.20. The van der Waals surface area contributed by atoms with Gasteiger partial charge in [-0.1, -0.05) is 6.92 Å². The normalized spacial score (nSPS) is 33.0. The van der Waals surface area contributed by atoms with Crippen molar-refractivity contribution in [3.05, 3.63) is 0 Å². The Morgan fingerprint density at radius 1 is 1.89 bits per heavy atom. The van der Waals surface area contributed by atoms with Gasteiger partial charge in [0.2, 0.25) is 0 Å². The number of hydrogen-bond acceptors (Lipinski definition) is 3. The van der Waals surface area contributed by atoms with Crippen molar-refractivity contribution in [2.75, 3.05) is 0 Å². The fourth-order valence-corrected chi connectivity index (χ4v) is 0.882. The molecule has 0 saturated heterocycles. The summed E-state index contributed by atoms with van der Waals surface area (Å²) in [6, 6.07) is -0.583. The van der Waals surface area contributed by atoms with Crippen LogP contribution in [0.2, 0.25) is 0 Å². The van der Waals surface area contributed by atoms with Crippen molar-refractivity contribution in [3.63, 3.8) is 0 Å². The minimum absolute atomic E-state index is 0.299. The van der Waals surface area contributed by atoms with Crippen LogP contribution in [-0.4, -0.2) is 18.2 Å². The summed E-state index contributed by atoms with van der Waals surface area (Å²) in [7, 11) is 0. The van der Waals surface area contributed by atoms with Crippen LogP contribution < -0.4 is 5.11 Å². The number of rotatable bonds is 1. The second-order valence-electron chi connectivity index (χ2n) is 2.35. The van der Waals surface area contributed by atoms with Crippen molar-refractivity contribution in [2.45, 2.75) is 19.4 Å². The van der Waals surface area contributed by atoms with Crippen molar-refractivity contribution in [3.8, 4) is 0 Å². The van der Waals surface area contributed by atoms with Gasteiger partial charge in [0.25, 0.3) is 0 Å². The Hall–Kier alpha value is -0.860. The van der Waals surface area contributed by atoms with Gasteiger partial charge in [0.1, 0.15) is 0 Å². The first-order chi connectivity index (χ1) is 4.20. The number of aliphatic imine (C=N–C) groups is 1. The Balaban J connectivity index is 2.50. The summed E-state index contributed by atoms with van der Waals surface area (Å²) in [5.74, 6) is -0.761. The van der Waals surface area contributed by atoms with Crippen LogP contribution in [0.25, 0.3) is 0 Å². The summed E-state index contributed by atoms with van der Waals surface area (Å²) in [6.45, 7) is 1.94. The third-order valence-electron chi connectivity index (χ3n) is 1.39. The monoisotopic (exact) mass is 126 g/mol. The van der Waals surface area contributed by atoms with Gasteiger partial charge in [0, 0.05) is 6.21 Å². The Labute approximate surface area is 53.4 Å². The van der Waals surface area contributed by atoms with E-state index >= 15 is 0 Å². The summed E-state index contributed by atoms with van der Waals surface area (Å²) in [5.41, 5.74) is 0. The largest absolute Gasteiger partial charge is 0.548 e. The van der Waals surface area contributed by atoms with Gasteiger partial charge in [0.05, 0.1) is 12.0 Å². The van der Waals surface area contributed by atoms with E-state index < -0.39 is 12.0 Å². The number of carboxylic acids is 1. The third kappa shape index (κ3) is 1.28. The van der Waals surface area contributed by atoms with Gasteiger partial charge in [0.15, 0.2) is 0 Å². The Morgan fingerprint density at radius 3 is 2.78 bits per heavy atom. The fourth-order valence-electron chi connectivity index (χ4n) is 0.882. The molecule has 0 aromatic rings. The van der Waals surface area contributed by atoms with Gasteiger partial charge >= 0.3 is 0 Å². The molecule has 0 spiro atoms. The molecule has 0 radical (unpaired) electrons. The van der Waals surface area contributed by atoms with Gasteiger partial charge in [-0.25, -0.2) is 0 Å². The molecule has 9 heavy (non-hydrogen) atoms. The van der Waals surface area contributed by atoms with E-state index in [0.717, 1.165) is 0 Å². The molecule has 0 fully saturated rings. The zero-order valence-electron chi connectivity index (χ0n) is 5.20. The van der Waals surface area contributed by atoms with Crippen LogP contribution in [0.4, 0.5) is 0 Å². The van der Waals surface area contributed by atoms with E-state index in [1.807, 2.05) is 6.92 Å². The van der Waals surface area contributed by atoms with Crippen molar-refractivity contribution in [2.24, 2.45) is 10.9 Å². The van der Waals surface area contributed by atoms with E-state index in [0.29, 0.717) is 12.3 Å². The molecule has 0 aliphatic carbocycles. The van der Waals surface area contributed by atoms with Crippen LogP contribution in [0.1, 0.15) is 13.3 Å². The maximum Gasteiger partial charge on any atom is 0.0895 e. The molecule has 0 aromatic carbocycles. The topological polar surface area (TPSA) is 52.5 Å². The molecular formula is C6H8NO2-.